The van der Waals surface area contributed by atoms with Crippen molar-refractivity contribution in [2.24, 2.45) is 0 Å². The van der Waals surface area contributed by atoms with Crippen LogP contribution in [-0.4, -0.2) is 16.4 Å². The quantitative estimate of drug-likeness (QED) is 0.573. The molecule has 1 heterocycles. The van der Waals surface area contributed by atoms with E-state index in [9.17, 15) is 14.9 Å². The Hall–Kier alpha value is -2.11. The lowest BCUT2D eigenvalue weighted by Crippen LogP contribution is -2.38. The number of carbonyl (C=O) groups is 1. The molecule has 16 heavy (non-hydrogen) atoms. The molecule has 1 saturated carbocycles. The number of amides is 1. The molecule has 1 fully saturated rings. The molecule has 1 N–H and O–H groups in total. The molecule has 6 heteroatoms. The number of ether oxygens (including phenoxy) is 1. The Morgan fingerprint density at radius 1 is 1.44 bits per heavy atom. The van der Waals surface area contributed by atoms with Crippen molar-refractivity contribution in [1.29, 1.82) is 0 Å². The fourth-order valence-electron chi connectivity index (χ4n) is 1.75. The molecule has 0 atom stereocenters. The van der Waals surface area contributed by atoms with Gasteiger partial charge >= 0.3 is 0 Å². The monoisotopic (exact) mass is 220 g/mol. The van der Waals surface area contributed by atoms with Gasteiger partial charge in [-0.3, -0.25) is 14.9 Å². The van der Waals surface area contributed by atoms with Crippen LogP contribution in [0.4, 0.5) is 11.4 Å². The molecule has 6 nitrogen and oxygen atoms in total. The van der Waals surface area contributed by atoms with E-state index in [1.54, 1.807) is 0 Å². The van der Waals surface area contributed by atoms with Gasteiger partial charge in [0.2, 0.25) is 0 Å². The molecule has 82 valence electrons. The number of hydrogen-bond donors (Lipinski definition) is 1. The highest BCUT2D eigenvalue weighted by molar-refractivity contribution is 6.02. The van der Waals surface area contributed by atoms with E-state index < -0.39 is 10.5 Å². The van der Waals surface area contributed by atoms with Crippen molar-refractivity contribution in [2.75, 3.05) is 5.32 Å². The smallest absolute Gasteiger partial charge is 0.271 e. The second-order valence-corrected chi connectivity index (χ2v) is 3.99. The molecule has 1 spiro atoms. The topological polar surface area (TPSA) is 81.5 Å². The molecule has 1 aliphatic heterocycles. The van der Waals surface area contributed by atoms with Crippen LogP contribution in [0.25, 0.3) is 0 Å². The highest BCUT2D eigenvalue weighted by Gasteiger charge is 2.55. The number of fused-ring (bicyclic) bond motifs is 1. The molecular formula is C10H8N2O4. The first-order chi connectivity index (χ1) is 7.61. The maximum atomic E-state index is 11.6. The number of anilines is 1. The van der Waals surface area contributed by atoms with E-state index in [2.05, 4.69) is 5.32 Å². The van der Waals surface area contributed by atoms with E-state index in [-0.39, 0.29) is 11.6 Å². The fraction of sp³-hybridized carbons (Fsp3) is 0.300. The summed E-state index contributed by atoms with van der Waals surface area (Å²) in [6.07, 6.45) is 1.41. The Balaban J connectivity index is 2.02. The van der Waals surface area contributed by atoms with Crippen molar-refractivity contribution in [3.05, 3.63) is 28.3 Å². The van der Waals surface area contributed by atoms with Crippen molar-refractivity contribution in [3.63, 3.8) is 0 Å². The largest absolute Gasteiger partial charge is 0.475 e. The van der Waals surface area contributed by atoms with Crippen molar-refractivity contribution in [1.82, 2.24) is 0 Å². The lowest BCUT2D eigenvalue weighted by molar-refractivity contribution is -0.384. The number of nitrogens with zero attached hydrogens (tertiary/aromatic N) is 1. The third kappa shape index (κ3) is 1.16. The summed E-state index contributed by atoms with van der Waals surface area (Å²) in [7, 11) is 0. The van der Waals surface area contributed by atoms with Gasteiger partial charge < -0.3 is 10.1 Å². The van der Waals surface area contributed by atoms with Crippen molar-refractivity contribution in [3.8, 4) is 5.75 Å². The molecule has 0 bridgehead atoms. The molecule has 1 aromatic rings. The summed E-state index contributed by atoms with van der Waals surface area (Å²) in [6.45, 7) is 0. The SMILES string of the molecule is O=C1Nc2cc([N+](=O)[O-])ccc2OC12CC2. The third-order valence-corrected chi connectivity index (χ3v) is 2.85. The normalized spacial score (nSPS) is 19.6. The van der Waals surface area contributed by atoms with Crippen LogP contribution in [0.3, 0.4) is 0 Å². The first kappa shape index (κ1) is 9.14. The zero-order chi connectivity index (χ0) is 11.3. The lowest BCUT2D eigenvalue weighted by atomic mass is 10.2. The maximum absolute atomic E-state index is 11.6. The van der Waals surface area contributed by atoms with E-state index in [1.807, 2.05) is 0 Å². The zero-order valence-corrected chi connectivity index (χ0v) is 8.23. The Kier molecular flexibility index (Phi) is 1.55. The first-order valence-corrected chi connectivity index (χ1v) is 4.90. The summed E-state index contributed by atoms with van der Waals surface area (Å²) in [4.78, 5) is 21.7. The molecule has 2 aliphatic rings. The van der Waals surface area contributed by atoms with E-state index in [0.717, 1.165) is 0 Å². The standard InChI is InChI=1S/C10H8N2O4/c13-9-10(3-4-10)16-8-2-1-6(12(14)15)5-7(8)11-9/h1-2,5H,3-4H2,(H,11,13). The van der Waals surface area contributed by atoms with Crippen LogP contribution in [0.5, 0.6) is 5.75 Å². The van der Waals surface area contributed by atoms with Gasteiger partial charge in [-0.25, -0.2) is 0 Å². The molecule has 1 aliphatic carbocycles. The van der Waals surface area contributed by atoms with Crippen LogP contribution in [0.1, 0.15) is 12.8 Å². The third-order valence-electron chi connectivity index (χ3n) is 2.85. The van der Waals surface area contributed by atoms with Gasteiger partial charge in [-0.2, -0.15) is 0 Å². The highest BCUT2D eigenvalue weighted by Crippen LogP contribution is 2.47. The number of rotatable bonds is 1. The second kappa shape index (κ2) is 2.72. The predicted molar refractivity (Wildman–Crippen MR) is 54.3 cm³/mol. The van der Waals surface area contributed by atoms with Gasteiger partial charge in [0.1, 0.15) is 5.75 Å². The summed E-state index contributed by atoms with van der Waals surface area (Å²) in [5.41, 5.74) is -0.394. The van der Waals surface area contributed by atoms with Crippen LogP contribution in [-0.2, 0) is 4.79 Å². The first-order valence-electron chi connectivity index (χ1n) is 4.90. The van der Waals surface area contributed by atoms with Gasteiger partial charge in [-0.15, -0.1) is 0 Å². The highest BCUT2D eigenvalue weighted by atomic mass is 16.6. The summed E-state index contributed by atoms with van der Waals surface area (Å²) in [6, 6.07) is 4.20. The van der Waals surface area contributed by atoms with E-state index >= 15 is 0 Å². The number of hydrogen-bond acceptors (Lipinski definition) is 4. The molecular weight excluding hydrogens is 212 g/mol. The summed E-state index contributed by atoms with van der Waals surface area (Å²) in [5, 5.41) is 13.2. The second-order valence-electron chi connectivity index (χ2n) is 3.99. The van der Waals surface area contributed by atoms with E-state index in [4.69, 9.17) is 4.74 Å². The number of benzene rings is 1. The van der Waals surface area contributed by atoms with Crippen molar-refractivity contribution in [2.45, 2.75) is 18.4 Å². The van der Waals surface area contributed by atoms with Gasteiger partial charge in [0.15, 0.2) is 5.60 Å². The minimum Gasteiger partial charge on any atom is -0.475 e. The molecule has 0 unspecified atom stereocenters. The molecule has 1 amide bonds. The Morgan fingerprint density at radius 3 is 2.81 bits per heavy atom. The number of carbonyl (C=O) groups excluding carboxylic acids is 1. The summed E-state index contributed by atoms with van der Waals surface area (Å²) >= 11 is 0. The predicted octanol–water partition coefficient (Wildman–Crippen LogP) is 1.46. The number of nitro benzene ring substituents is 1. The van der Waals surface area contributed by atoms with Crippen molar-refractivity contribution < 1.29 is 14.5 Å². The Morgan fingerprint density at radius 2 is 2.19 bits per heavy atom. The zero-order valence-electron chi connectivity index (χ0n) is 8.23. The average molecular weight is 220 g/mol. The Labute approximate surface area is 90.4 Å². The van der Waals surface area contributed by atoms with Crippen LogP contribution >= 0.6 is 0 Å². The van der Waals surface area contributed by atoms with Gasteiger partial charge in [0.25, 0.3) is 11.6 Å². The lowest BCUT2D eigenvalue weighted by Gasteiger charge is -2.25. The van der Waals surface area contributed by atoms with Crippen LogP contribution in [0.2, 0.25) is 0 Å². The molecule has 3 rings (SSSR count). The van der Waals surface area contributed by atoms with Gasteiger partial charge in [0.05, 0.1) is 10.6 Å². The van der Waals surface area contributed by atoms with Gasteiger partial charge in [0, 0.05) is 25.0 Å². The van der Waals surface area contributed by atoms with Gasteiger partial charge in [-0.1, -0.05) is 0 Å². The average Bonchev–Trinajstić information content (AvgIpc) is 3.00. The number of nitrogens with one attached hydrogen (secondary N) is 1. The van der Waals surface area contributed by atoms with Crippen molar-refractivity contribution >= 4 is 17.3 Å². The number of nitro groups is 1. The summed E-state index contributed by atoms with van der Waals surface area (Å²) < 4.78 is 5.54. The number of non-ortho nitro benzene ring substituents is 1. The van der Waals surface area contributed by atoms with Crippen LogP contribution < -0.4 is 10.1 Å². The molecule has 0 radical (unpaired) electrons. The molecule has 0 aromatic heterocycles. The van der Waals surface area contributed by atoms with E-state index in [1.165, 1.54) is 18.2 Å². The fourth-order valence-corrected chi connectivity index (χ4v) is 1.75. The minimum atomic E-state index is -0.705. The molecule has 1 aromatic carbocycles. The van der Waals surface area contributed by atoms with E-state index in [0.29, 0.717) is 24.3 Å². The summed E-state index contributed by atoms with van der Waals surface area (Å²) in [5.74, 6) is 0.295. The van der Waals surface area contributed by atoms with Crippen LogP contribution in [0.15, 0.2) is 18.2 Å². The maximum Gasteiger partial charge on any atom is 0.271 e. The minimum absolute atomic E-state index is 0.0607. The van der Waals surface area contributed by atoms with Gasteiger partial charge in [-0.05, 0) is 6.07 Å². The Bertz CT molecular complexity index is 508. The van der Waals surface area contributed by atoms with Crippen LogP contribution in [0, 0.1) is 10.1 Å². The molecule has 0 saturated heterocycles.